The third kappa shape index (κ3) is 5.33. The predicted octanol–water partition coefficient (Wildman–Crippen LogP) is 4.45. The summed E-state index contributed by atoms with van der Waals surface area (Å²) in [7, 11) is 1.87. The maximum atomic E-state index is 12.2. The van der Waals surface area contributed by atoms with Crippen LogP contribution in [0.2, 0.25) is 0 Å². The van der Waals surface area contributed by atoms with Crippen LogP contribution in [-0.4, -0.2) is 26.4 Å². The number of hydrogen-bond acceptors (Lipinski definition) is 5. The molecule has 1 amide bonds. The van der Waals surface area contributed by atoms with Crippen LogP contribution in [0, 0.1) is 0 Å². The molecular weight excluding hydrogens is 428 g/mol. The van der Waals surface area contributed by atoms with Crippen molar-refractivity contribution < 1.29 is 9.53 Å². The molecule has 1 aromatic heterocycles. The first-order chi connectivity index (χ1) is 13.0. The molecule has 1 atom stereocenters. The van der Waals surface area contributed by atoms with Gasteiger partial charge >= 0.3 is 0 Å². The van der Waals surface area contributed by atoms with Crippen LogP contribution in [-0.2, 0) is 11.8 Å². The number of para-hydroxylation sites is 1. The molecule has 0 aliphatic rings. The maximum Gasteiger partial charge on any atom is 0.234 e. The van der Waals surface area contributed by atoms with E-state index in [2.05, 4.69) is 31.4 Å². The average Bonchev–Trinajstić information content (AvgIpc) is 3.01. The number of rotatable bonds is 7. The number of amides is 1. The van der Waals surface area contributed by atoms with E-state index in [1.54, 1.807) is 0 Å². The first-order valence-electron chi connectivity index (χ1n) is 8.32. The van der Waals surface area contributed by atoms with E-state index in [0.29, 0.717) is 11.0 Å². The number of thioether (sulfide) groups is 1. The molecule has 3 aromatic rings. The zero-order chi connectivity index (χ0) is 19.2. The number of ether oxygens (including phenoxy) is 1. The lowest BCUT2D eigenvalue weighted by Crippen LogP contribution is -2.14. The zero-order valence-electron chi connectivity index (χ0n) is 14.9. The van der Waals surface area contributed by atoms with Crippen molar-refractivity contribution in [2.24, 2.45) is 7.05 Å². The summed E-state index contributed by atoms with van der Waals surface area (Å²) in [6, 6.07) is 17.0. The molecule has 0 saturated heterocycles. The standard InChI is InChI=1S/C19H19BrN4O2S/c1-13(26-16-9-4-3-5-10-16)18-22-23-19(24(18)2)27-12-17(25)21-15-8-6-7-14(20)11-15/h3-11,13H,12H2,1-2H3,(H,21,25)/t13-/m0/s1. The molecule has 1 heterocycles. The van der Waals surface area contributed by atoms with Gasteiger partial charge in [-0.05, 0) is 37.3 Å². The Hall–Kier alpha value is -2.32. The third-order valence-electron chi connectivity index (χ3n) is 3.73. The molecule has 0 aliphatic carbocycles. The maximum absolute atomic E-state index is 12.2. The molecule has 3 rings (SSSR count). The van der Waals surface area contributed by atoms with Gasteiger partial charge in [0.1, 0.15) is 5.75 Å². The Balaban J connectivity index is 1.57. The fourth-order valence-electron chi connectivity index (χ4n) is 2.46. The van der Waals surface area contributed by atoms with Gasteiger partial charge in [0.05, 0.1) is 5.75 Å². The Morgan fingerprint density at radius 1 is 1.22 bits per heavy atom. The van der Waals surface area contributed by atoms with E-state index in [1.807, 2.05) is 73.1 Å². The second kappa shape index (κ2) is 9.05. The molecule has 27 heavy (non-hydrogen) atoms. The van der Waals surface area contributed by atoms with Gasteiger partial charge in [-0.2, -0.15) is 0 Å². The van der Waals surface area contributed by atoms with Gasteiger partial charge < -0.3 is 14.6 Å². The molecule has 0 saturated carbocycles. The summed E-state index contributed by atoms with van der Waals surface area (Å²) in [5.74, 6) is 1.62. The van der Waals surface area contributed by atoms with Gasteiger partial charge in [-0.3, -0.25) is 4.79 Å². The molecule has 6 nitrogen and oxygen atoms in total. The van der Waals surface area contributed by atoms with Crippen molar-refractivity contribution in [1.82, 2.24) is 14.8 Å². The van der Waals surface area contributed by atoms with E-state index in [0.717, 1.165) is 15.9 Å². The van der Waals surface area contributed by atoms with Crippen molar-refractivity contribution in [3.05, 3.63) is 64.9 Å². The lowest BCUT2D eigenvalue weighted by molar-refractivity contribution is -0.113. The number of nitrogens with zero attached hydrogens (tertiary/aromatic N) is 3. The molecule has 0 fully saturated rings. The van der Waals surface area contributed by atoms with Gasteiger partial charge in [0, 0.05) is 17.2 Å². The highest BCUT2D eigenvalue weighted by Crippen LogP contribution is 2.23. The van der Waals surface area contributed by atoms with Crippen LogP contribution < -0.4 is 10.1 Å². The number of benzene rings is 2. The number of carbonyl (C=O) groups excluding carboxylic acids is 1. The highest BCUT2D eigenvalue weighted by Gasteiger charge is 2.18. The molecule has 0 bridgehead atoms. The van der Waals surface area contributed by atoms with Gasteiger partial charge in [-0.1, -0.05) is 52.0 Å². The van der Waals surface area contributed by atoms with Crippen LogP contribution in [0.25, 0.3) is 0 Å². The number of nitrogens with one attached hydrogen (secondary N) is 1. The van der Waals surface area contributed by atoms with E-state index in [4.69, 9.17) is 4.74 Å². The van der Waals surface area contributed by atoms with Crippen LogP contribution >= 0.6 is 27.7 Å². The topological polar surface area (TPSA) is 69.0 Å². The van der Waals surface area contributed by atoms with Crippen LogP contribution in [0.4, 0.5) is 5.69 Å². The highest BCUT2D eigenvalue weighted by atomic mass is 79.9. The molecule has 140 valence electrons. The monoisotopic (exact) mass is 446 g/mol. The van der Waals surface area contributed by atoms with Gasteiger partial charge in [-0.15, -0.1) is 10.2 Å². The summed E-state index contributed by atoms with van der Waals surface area (Å²) in [4.78, 5) is 12.2. The second-order valence-electron chi connectivity index (χ2n) is 5.82. The number of hydrogen-bond donors (Lipinski definition) is 1. The van der Waals surface area contributed by atoms with Crippen LogP contribution in [0.15, 0.2) is 64.2 Å². The SMILES string of the molecule is C[C@H](Oc1ccccc1)c1nnc(SCC(=O)Nc2cccc(Br)c2)n1C. The Morgan fingerprint density at radius 2 is 2.00 bits per heavy atom. The normalized spacial score (nSPS) is 11.8. The lowest BCUT2D eigenvalue weighted by atomic mass is 10.3. The molecular formula is C19H19BrN4O2S. The predicted molar refractivity (Wildman–Crippen MR) is 110 cm³/mol. The summed E-state index contributed by atoms with van der Waals surface area (Å²) in [6.45, 7) is 1.92. The van der Waals surface area contributed by atoms with Crippen molar-refractivity contribution in [3.63, 3.8) is 0 Å². The van der Waals surface area contributed by atoms with Gasteiger partial charge in [0.2, 0.25) is 5.91 Å². The Kier molecular flexibility index (Phi) is 6.52. The molecule has 0 radical (unpaired) electrons. The molecule has 0 unspecified atom stereocenters. The first kappa shape index (κ1) is 19.4. The molecule has 8 heteroatoms. The number of carbonyl (C=O) groups is 1. The molecule has 0 spiro atoms. The van der Waals surface area contributed by atoms with E-state index < -0.39 is 0 Å². The molecule has 1 N–H and O–H groups in total. The van der Waals surface area contributed by atoms with Crippen LogP contribution in [0.3, 0.4) is 0 Å². The number of halogens is 1. The quantitative estimate of drug-likeness (QED) is 0.542. The second-order valence-corrected chi connectivity index (χ2v) is 7.68. The van der Waals surface area contributed by atoms with Crippen molar-refractivity contribution in [2.45, 2.75) is 18.2 Å². The molecule has 2 aromatic carbocycles. The number of anilines is 1. The van der Waals surface area contributed by atoms with E-state index in [9.17, 15) is 4.79 Å². The summed E-state index contributed by atoms with van der Waals surface area (Å²) in [5.41, 5.74) is 0.749. The van der Waals surface area contributed by atoms with Crippen molar-refractivity contribution in [3.8, 4) is 5.75 Å². The zero-order valence-corrected chi connectivity index (χ0v) is 17.3. The smallest absolute Gasteiger partial charge is 0.234 e. The van der Waals surface area contributed by atoms with Crippen molar-refractivity contribution in [2.75, 3.05) is 11.1 Å². The summed E-state index contributed by atoms with van der Waals surface area (Å²) in [5, 5.41) is 11.9. The summed E-state index contributed by atoms with van der Waals surface area (Å²) >= 11 is 4.72. The Labute approximate surface area is 170 Å². The summed E-state index contributed by atoms with van der Waals surface area (Å²) in [6.07, 6.45) is -0.255. The highest BCUT2D eigenvalue weighted by molar-refractivity contribution is 9.10. The largest absolute Gasteiger partial charge is 0.483 e. The average molecular weight is 447 g/mol. The Bertz CT molecular complexity index is 917. The third-order valence-corrected chi connectivity index (χ3v) is 5.24. The van der Waals surface area contributed by atoms with Gasteiger partial charge in [0.15, 0.2) is 17.1 Å². The molecule has 0 aliphatic heterocycles. The Morgan fingerprint density at radius 3 is 2.74 bits per heavy atom. The van der Waals surface area contributed by atoms with Crippen LogP contribution in [0.1, 0.15) is 18.9 Å². The minimum Gasteiger partial charge on any atom is -0.483 e. The summed E-state index contributed by atoms with van der Waals surface area (Å²) < 4.78 is 8.66. The minimum atomic E-state index is -0.255. The lowest BCUT2D eigenvalue weighted by Gasteiger charge is -2.14. The fraction of sp³-hybridized carbons (Fsp3) is 0.211. The van der Waals surface area contributed by atoms with Crippen molar-refractivity contribution >= 4 is 39.3 Å². The van der Waals surface area contributed by atoms with Crippen LogP contribution in [0.5, 0.6) is 5.75 Å². The minimum absolute atomic E-state index is 0.101. The van der Waals surface area contributed by atoms with Gasteiger partial charge in [0.25, 0.3) is 0 Å². The van der Waals surface area contributed by atoms with Gasteiger partial charge in [-0.25, -0.2) is 0 Å². The van der Waals surface area contributed by atoms with E-state index >= 15 is 0 Å². The number of aromatic nitrogens is 3. The van der Waals surface area contributed by atoms with E-state index in [-0.39, 0.29) is 17.8 Å². The first-order valence-corrected chi connectivity index (χ1v) is 10.1. The van der Waals surface area contributed by atoms with E-state index in [1.165, 1.54) is 11.8 Å². The van der Waals surface area contributed by atoms with Crippen molar-refractivity contribution in [1.29, 1.82) is 0 Å². The fourth-order valence-corrected chi connectivity index (χ4v) is 3.57.